The Hall–Kier alpha value is -1.51. The van der Waals surface area contributed by atoms with Crippen LogP contribution in [0.3, 0.4) is 0 Å². The van der Waals surface area contributed by atoms with E-state index in [4.69, 9.17) is 9.47 Å². The molecule has 0 aliphatic carbocycles. The van der Waals surface area contributed by atoms with Crippen molar-refractivity contribution in [1.82, 2.24) is 5.32 Å². The van der Waals surface area contributed by atoms with Gasteiger partial charge in [-0.2, -0.15) is 0 Å². The molecule has 23 heavy (non-hydrogen) atoms. The standard InChI is InChI=1S/C14H18N2O5S.ClH/c1-22(18,19)14(4-6-15-7-5-14)13(17)16-10-2-3-11-12(8-10)21-9-20-11;/h2-3,8,15H,4-7,9H2,1H3,(H,16,17);1H. The third-order valence-electron chi connectivity index (χ3n) is 4.17. The van der Waals surface area contributed by atoms with Crippen molar-refractivity contribution in [3.8, 4) is 11.5 Å². The van der Waals surface area contributed by atoms with Gasteiger partial charge in [-0.1, -0.05) is 0 Å². The van der Waals surface area contributed by atoms with Gasteiger partial charge in [-0.3, -0.25) is 4.79 Å². The number of carbonyl (C=O) groups excluding carboxylic acids is 1. The first-order valence-corrected chi connectivity index (χ1v) is 8.93. The van der Waals surface area contributed by atoms with E-state index in [1.54, 1.807) is 18.2 Å². The molecule has 3 rings (SSSR count). The van der Waals surface area contributed by atoms with E-state index in [0.29, 0.717) is 30.3 Å². The summed E-state index contributed by atoms with van der Waals surface area (Å²) in [6.45, 7) is 1.15. The fourth-order valence-electron chi connectivity index (χ4n) is 2.82. The first-order valence-electron chi connectivity index (χ1n) is 7.04. The monoisotopic (exact) mass is 362 g/mol. The molecule has 0 bridgehead atoms. The second-order valence-electron chi connectivity index (χ2n) is 5.54. The summed E-state index contributed by atoms with van der Waals surface area (Å²) < 4.78 is 33.5. The van der Waals surface area contributed by atoms with Gasteiger partial charge in [0.05, 0.1) is 0 Å². The highest BCUT2D eigenvalue weighted by atomic mass is 35.5. The number of benzene rings is 1. The molecule has 2 aliphatic rings. The van der Waals surface area contributed by atoms with Gasteiger partial charge in [0.25, 0.3) is 0 Å². The fraction of sp³-hybridized carbons (Fsp3) is 0.500. The zero-order valence-electron chi connectivity index (χ0n) is 12.6. The molecule has 1 aromatic rings. The van der Waals surface area contributed by atoms with Gasteiger partial charge in [0.1, 0.15) is 0 Å². The van der Waals surface area contributed by atoms with Gasteiger partial charge in [-0.05, 0) is 38.1 Å². The summed E-state index contributed by atoms with van der Waals surface area (Å²) >= 11 is 0. The molecule has 0 spiro atoms. The second-order valence-corrected chi connectivity index (χ2v) is 7.86. The molecule has 0 saturated carbocycles. The highest BCUT2D eigenvalue weighted by Gasteiger charge is 2.48. The highest BCUT2D eigenvalue weighted by Crippen LogP contribution is 2.35. The quantitative estimate of drug-likeness (QED) is 0.831. The Morgan fingerprint density at radius 2 is 1.87 bits per heavy atom. The zero-order chi connectivity index (χ0) is 15.8. The molecule has 1 aromatic carbocycles. The van der Waals surface area contributed by atoms with E-state index >= 15 is 0 Å². The minimum atomic E-state index is -3.53. The van der Waals surface area contributed by atoms with Crippen LogP contribution in [0.15, 0.2) is 18.2 Å². The molecule has 2 aliphatic heterocycles. The molecule has 9 heteroatoms. The van der Waals surface area contributed by atoms with Crippen molar-refractivity contribution in [2.75, 3.05) is 31.5 Å². The summed E-state index contributed by atoms with van der Waals surface area (Å²) in [4.78, 5) is 12.6. The number of hydrogen-bond acceptors (Lipinski definition) is 6. The Morgan fingerprint density at radius 3 is 2.52 bits per heavy atom. The lowest BCUT2D eigenvalue weighted by atomic mass is 9.95. The molecule has 1 fully saturated rings. The van der Waals surface area contributed by atoms with E-state index in [0.717, 1.165) is 6.26 Å². The zero-order valence-corrected chi connectivity index (χ0v) is 14.3. The number of amides is 1. The fourth-order valence-corrected chi connectivity index (χ4v) is 4.15. The highest BCUT2D eigenvalue weighted by molar-refractivity contribution is 7.92. The summed E-state index contributed by atoms with van der Waals surface area (Å²) in [6.07, 6.45) is 1.65. The first-order chi connectivity index (χ1) is 10.4. The van der Waals surface area contributed by atoms with Gasteiger partial charge in [0.2, 0.25) is 12.7 Å². The van der Waals surface area contributed by atoms with E-state index in [1.165, 1.54) is 0 Å². The number of nitrogens with one attached hydrogen (secondary N) is 2. The number of sulfone groups is 1. The maximum absolute atomic E-state index is 12.6. The number of fused-ring (bicyclic) bond motifs is 1. The number of anilines is 1. The van der Waals surface area contributed by atoms with E-state index in [9.17, 15) is 13.2 Å². The molecule has 1 amide bonds. The molecule has 2 N–H and O–H groups in total. The van der Waals surface area contributed by atoms with Gasteiger partial charge in [-0.15, -0.1) is 12.4 Å². The van der Waals surface area contributed by atoms with Gasteiger partial charge in [-0.25, -0.2) is 8.42 Å². The predicted molar refractivity (Wildman–Crippen MR) is 88.1 cm³/mol. The van der Waals surface area contributed by atoms with E-state index in [-0.39, 0.29) is 32.0 Å². The van der Waals surface area contributed by atoms with Crippen molar-refractivity contribution in [3.05, 3.63) is 18.2 Å². The second kappa shape index (κ2) is 6.54. The molecule has 7 nitrogen and oxygen atoms in total. The number of ether oxygens (including phenoxy) is 2. The number of hydrogen-bond donors (Lipinski definition) is 2. The minimum absolute atomic E-state index is 0. The average molecular weight is 363 g/mol. The smallest absolute Gasteiger partial charge is 0.245 e. The first kappa shape index (κ1) is 17.8. The Morgan fingerprint density at radius 1 is 1.22 bits per heavy atom. The molecule has 2 heterocycles. The summed E-state index contributed by atoms with van der Waals surface area (Å²) in [5, 5.41) is 5.79. The van der Waals surface area contributed by atoms with Crippen LogP contribution in [0.5, 0.6) is 11.5 Å². The van der Waals surface area contributed by atoms with Crippen molar-refractivity contribution in [1.29, 1.82) is 0 Å². The van der Waals surface area contributed by atoms with Crippen LogP contribution in [0.4, 0.5) is 5.69 Å². The maximum Gasteiger partial charge on any atom is 0.245 e. The average Bonchev–Trinajstić information content (AvgIpc) is 2.94. The topological polar surface area (TPSA) is 93.7 Å². The molecule has 128 valence electrons. The number of rotatable bonds is 3. The van der Waals surface area contributed by atoms with Gasteiger partial charge < -0.3 is 20.1 Å². The van der Waals surface area contributed by atoms with Crippen molar-refractivity contribution in [2.24, 2.45) is 0 Å². The van der Waals surface area contributed by atoms with Crippen molar-refractivity contribution < 1.29 is 22.7 Å². The molecular weight excluding hydrogens is 344 g/mol. The van der Waals surface area contributed by atoms with Crippen LogP contribution >= 0.6 is 12.4 Å². The third kappa shape index (κ3) is 3.24. The Labute approximate surface area is 141 Å². The number of carbonyl (C=O) groups is 1. The third-order valence-corrected chi connectivity index (χ3v) is 6.18. The van der Waals surface area contributed by atoms with Crippen LogP contribution in [-0.2, 0) is 14.6 Å². The number of piperidine rings is 1. The van der Waals surface area contributed by atoms with Gasteiger partial charge >= 0.3 is 0 Å². The van der Waals surface area contributed by atoms with Crippen LogP contribution in [-0.4, -0.2) is 45.2 Å². The predicted octanol–water partition coefficient (Wildman–Crippen LogP) is 0.942. The largest absolute Gasteiger partial charge is 0.454 e. The van der Waals surface area contributed by atoms with Gasteiger partial charge in [0, 0.05) is 18.0 Å². The molecular formula is C14H19ClN2O5S. The summed E-state index contributed by atoms with van der Waals surface area (Å²) in [5.74, 6) is 0.657. The van der Waals surface area contributed by atoms with Crippen LogP contribution in [0.25, 0.3) is 0 Å². The van der Waals surface area contributed by atoms with Crippen LogP contribution < -0.4 is 20.1 Å². The lowest BCUT2D eigenvalue weighted by Crippen LogP contribution is -2.55. The molecule has 0 atom stereocenters. The molecule has 0 radical (unpaired) electrons. The molecule has 0 unspecified atom stereocenters. The van der Waals surface area contributed by atoms with Crippen LogP contribution in [0.1, 0.15) is 12.8 Å². The van der Waals surface area contributed by atoms with Crippen molar-refractivity contribution in [2.45, 2.75) is 17.6 Å². The SMILES string of the molecule is CS(=O)(=O)C1(C(=O)Nc2ccc3c(c2)OCO3)CCNCC1.Cl. The Kier molecular flexibility index (Phi) is 5.07. The maximum atomic E-state index is 12.6. The van der Waals surface area contributed by atoms with E-state index < -0.39 is 20.5 Å². The summed E-state index contributed by atoms with van der Waals surface area (Å²) in [7, 11) is -3.53. The summed E-state index contributed by atoms with van der Waals surface area (Å²) in [6, 6.07) is 4.99. The van der Waals surface area contributed by atoms with Gasteiger partial charge in [0.15, 0.2) is 26.1 Å². The van der Waals surface area contributed by atoms with Crippen LogP contribution in [0, 0.1) is 0 Å². The van der Waals surface area contributed by atoms with E-state index in [2.05, 4.69) is 10.6 Å². The Bertz CT molecular complexity index is 701. The Balaban J connectivity index is 0.00000192. The van der Waals surface area contributed by atoms with E-state index in [1.807, 2.05) is 0 Å². The van der Waals surface area contributed by atoms with Crippen LogP contribution in [0.2, 0.25) is 0 Å². The molecule has 0 aromatic heterocycles. The minimum Gasteiger partial charge on any atom is -0.454 e. The molecule has 1 saturated heterocycles. The van der Waals surface area contributed by atoms with Crippen molar-refractivity contribution >= 4 is 33.8 Å². The normalized spacial score (nSPS) is 18.8. The number of halogens is 1. The lowest BCUT2D eigenvalue weighted by molar-refractivity contribution is -0.119. The lowest BCUT2D eigenvalue weighted by Gasteiger charge is -2.34. The summed E-state index contributed by atoms with van der Waals surface area (Å²) in [5.41, 5.74) is 0.496. The van der Waals surface area contributed by atoms with Crippen molar-refractivity contribution in [3.63, 3.8) is 0 Å².